The fourth-order valence-corrected chi connectivity index (χ4v) is 10.5. The summed E-state index contributed by atoms with van der Waals surface area (Å²) >= 11 is 6.37. The number of imidazole rings is 1. The summed E-state index contributed by atoms with van der Waals surface area (Å²) in [6, 6.07) is 12.0. The molecule has 25 nitrogen and oxygen atoms in total. The van der Waals surface area contributed by atoms with Gasteiger partial charge in [0.15, 0.2) is 0 Å². The van der Waals surface area contributed by atoms with Crippen LogP contribution in [-0.2, 0) is 44.8 Å². The Hall–Kier alpha value is -8.62. The first-order valence-electron chi connectivity index (χ1n) is 30.3. The van der Waals surface area contributed by atoms with Crippen LogP contribution in [0, 0.1) is 30.5 Å². The number of aromatic nitrogens is 3. The highest BCUT2D eigenvalue weighted by Crippen LogP contribution is 2.44. The molecule has 0 bridgehead atoms. The lowest BCUT2D eigenvalue weighted by molar-refractivity contribution is -0.133. The number of amides is 9. The molecule has 5 aromatic rings. The van der Waals surface area contributed by atoms with E-state index in [0.717, 1.165) is 35.2 Å². The molecule has 13 N–H and O–H groups in total. The van der Waals surface area contributed by atoms with Crippen LogP contribution in [0.5, 0.6) is 0 Å². The molecule has 1 aliphatic rings. The van der Waals surface area contributed by atoms with Gasteiger partial charge in [-0.3, -0.25) is 33.7 Å². The first kappa shape index (κ1) is 70.5. The first-order valence-corrected chi connectivity index (χ1v) is 30.7. The number of halogens is 2. The Morgan fingerprint density at radius 1 is 0.800 bits per heavy atom. The van der Waals surface area contributed by atoms with E-state index in [9.17, 15) is 42.7 Å². The SMILES string of the molecule is CNC(=O)C(NC(=O)[C@@H](C(C)C)N(C)C(=O)OCc1ccc(NC(=O)[C@H](CCCNC(N)=O)NC(=O)[C@@H](NC(=O)CCOCCC(=O)NCCNc2ncc(-c3cc(C)cc(F)c3)c(N3CCC(N)CC3)c2-c2nc3ccc(Cl)cc3[nH]2)C(C)C)cc1)C(C)C. The van der Waals surface area contributed by atoms with Crippen molar-refractivity contribution >= 4 is 87.4 Å². The van der Waals surface area contributed by atoms with Crippen molar-refractivity contribution in [2.45, 2.75) is 124 Å². The molecular weight excluding hydrogens is 1180 g/mol. The van der Waals surface area contributed by atoms with Crippen molar-refractivity contribution < 1.29 is 52.2 Å². The average Bonchev–Trinajstić information content (AvgIpc) is 1.33. The number of rotatable bonds is 31. The van der Waals surface area contributed by atoms with Gasteiger partial charge in [-0.25, -0.2) is 23.9 Å². The van der Waals surface area contributed by atoms with Gasteiger partial charge in [-0.1, -0.05) is 71.3 Å². The quantitative estimate of drug-likeness (QED) is 0.0232. The Labute approximate surface area is 529 Å². The molecule has 1 unspecified atom stereocenters. The molecule has 1 saturated heterocycles. The van der Waals surface area contributed by atoms with E-state index in [1.165, 1.54) is 31.1 Å². The molecule has 0 saturated carbocycles. The predicted octanol–water partition coefficient (Wildman–Crippen LogP) is 5.84. The third-order valence-electron chi connectivity index (χ3n) is 15.2. The molecule has 1 fully saturated rings. The van der Waals surface area contributed by atoms with E-state index in [0.29, 0.717) is 57.6 Å². The van der Waals surface area contributed by atoms with Crippen LogP contribution in [0.25, 0.3) is 33.5 Å². The second-order valence-electron chi connectivity index (χ2n) is 23.4. The zero-order valence-corrected chi connectivity index (χ0v) is 53.4. The highest BCUT2D eigenvalue weighted by atomic mass is 35.5. The number of likely N-dealkylation sites (N-methyl/N-ethyl adjacent to an activating group) is 2. The van der Waals surface area contributed by atoms with Gasteiger partial charge in [-0.15, -0.1) is 0 Å². The topological polar surface area (TPSA) is 351 Å². The molecule has 0 radical (unpaired) electrons. The Kier molecular flexibility index (Phi) is 26.5. The van der Waals surface area contributed by atoms with Crippen LogP contribution in [0.3, 0.4) is 0 Å². The number of fused-ring (bicyclic) bond motifs is 1. The number of nitrogens with zero attached hydrogens (tertiary/aromatic N) is 4. The molecule has 0 aliphatic carbocycles. The van der Waals surface area contributed by atoms with E-state index in [1.807, 2.05) is 19.1 Å². The summed E-state index contributed by atoms with van der Waals surface area (Å²) in [4.78, 5) is 121. The van der Waals surface area contributed by atoms with Crippen LogP contribution in [0.1, 0.15) is 91.2 Å². The van der Waals surface area contributed by atoms with Gasteiger partial charge in [0, 0.05) is 88.2 Å². The lowest BCUT2D eigenvalue weighted by Gasteiger charge is -2.35. The van der Waals surface area contributed by atoms with Gasteiger partial charge in [-0.2, -0.15) is 0 Å². The fourth-order valence-electron chi connectivity index (χ4n) is 10.4. The zero-order chi connectivity index (χ0) is 65.8. The minimum Gasteiger partial charge on any atom is -0.445 e. The summed E-state index contributed by atoms with van der Waals surface area (Å²) in [6.07, 6.45) is 2.63. The number of piperidine rings is 1. The van der Waals surface area contributed by atoms with Gasteiger partial charge in [0.2, 0.25) is 35.4 Å². The van der Waals surface area contributed by atoms with E-state index in [-0.39, 0.29) is 101 Å². The van der Waals surface area contributed by atoms with Crippen molar-refractivity contribution in [2.24, 2.45) is 29.2 Å². The van der Waals surface area contributed by atoms with Gasteiger partial charge in [0.25, 0.3) is 0 Å². The third-order valence-corrected chi connectivity index (χ3v) is 15.4. The van der Waals surface area contributed by atoms with Gasteiger partial charge in [0.1, 0.15) is 48.2 Å². The number of aromatic amines is 1. The lowest BCUT2D eigenvalue weighted by atomic mass is 9.96. The van der Waals surface area contributed by atoms with Crippen molar-refractivity contribution in [1.29, 1.82) is 0 Å². The van der Waals surface area contributed by atoms with Gasteiger partial charge >= 0.3 is 12.1 Å². The van der Waals surface area contributed by atoms with E-state index < -0.39 is 65.8 Å². The third kappa shape index (κ3) is 20.5. The number of H-pyrrole nitrogens is 1. The summed E-state index contributed by atoms with van der Waals surface area (Å²) < 4.78 is 26.2. The summed E-state index contributed by atoms with van der Waals surface area (Å²) in [5, 5.41) is 22.8. The van der Waals surface area contributed by atoms with Crippen molar-refractivity contribution in [3.05, 3.63) is 88.8 Å². The number of carbonyl (C=O) groups is 8. The van der Waals surface area contributed by atoms with Crippen molar-refractivity contribution in [2.75, 3.05) is 75.6 Å². The number of primary amides is 1. The van der Waals surface area contributed by atoms with Gasteiger partial charge in [0.05, 0.1) is 35.5 Å². The molecule has 4 atom stereocenters. The van der Waals surface area contributed by atoms with E-state index in [1.54, 1.807) is 84.1 Å². The largest absolute Gasteiger partial charge is 0.445 e. The molecule has 2 aromatic heterocycles. The number of nitrogens with two attached hydrogens (primary N) is 2. The summed E-state index contributed by atoms with van der Waals surface area (Å²) in [6.45, 7) is 14.1. The number of anilines is 3. The number of urea groups is 1. The number of nitrogens with one attached hydrogen (secondary N) is 9. The van der Waals surface area contributed by atoms with Crippen LogP contribution in [0.2, 0.25) is 5.02 Å². The number of benzene rings is 3. The van der Waals surface area contributed by atoms with Crippen LogP contribution in [-0.4, -0.2) is 158 Å². The normalized spacial score (nSPS) is 13.9. The minimum absolute atomic E-state index is 0.00393. The maximum absolute atomic E-state index is 15.0. The molecule has 1 aliphatic heterocycles. The number of hydrogen-bond acceptors (Lipinski definition) is 15. The second kappa shape index (κ2) is 33.8. The number of carbonyl (C=O) groups excluding carboxylic acids is 8. The molecule has 9 amide bonds. The number of hydrogen-bond donors (Lipinski definition) is 11. The van der Waals surface area contributed by atoms with Crippen molar-refractivity contribution in [3.8, 4) is 22.5 Å². The monoisotopic (exact) mass is 1270 g/mol. The summed E-state index contributed by atoms with van der Waals surface area (Å²) in [5.74, 6) is -3.20. The lowest BCUT2D eigenvalue weighted by Crippen LogP contribution is -2.56. The van der Waals surface area contributed by atoms with Gasteiger partial charge in [-0.05, 0) is 110 Å². The van der Waals surface area contributed by atoms with E-state index in [2.05, 4.69) is 52.4 Å². The Bertz CT molecular complexity index is 3280. The molecule has 488 valence electrons. The van der Waals surface area contributed by atoms with Crippen molar-refractivity contribution in [1.82, 2.24) is 51.8 Å². The molecule has 6 rings (SSSR count). The number of ether oxygens (including phenoxy) is 2. The number of aryl methyl sites for hydroxylation is 1. The second-order valence-corrected chi connectivity index (χ2v) is 23.8. The Morgan fingerprint density at radius 3 is 2.12 bits per heavy atom. The Balaban J connectivity index is 0.987. The smallest absolute Gasteiger partial charge is 0.410 e. The average molecular weight is 1270 g/mol. The zero-order valence-electron chi connectivity index (χ0n) is 52.7. The maximum atomic E-state index is 15.0. The molecular formula is C63H87ClFN15O10. The first-order chi connectivity index (χ1) is 42.8. The summed E-state index contributed by atoms with van der Waals surface area (Å²) in [7, 11) is 2.92. The molecule has 3 heterocycles. The van der Waals surface area contributed by atoms with E-state index >= 15 is 0 Å². The van der Waals surface area contributed by atoms with Gasteiger partial charge < -0.3 is 73.4 Å². The maximum Gasteiger partial charge on any atom is 0.410 e. The van der Waals surface area contributed by atoms with Crippen molar-refractivity contribution in [3.63, 3.8) is 0 Å². The van der Waals surface area contributed by atoms with E-state index in [4.69, 9.17) is 42.5 Å². The Morgan fingerprint density at radius 2 is 1.48 bits per heavy atom. The fraction of sp³-hybridized carbons (Fsp3) is 0.492. The van der Waals surface area contributed by atoms with Crippen LogP contribution in [0.4, 0.5) is 31.2 Å². The molecule has 0 spiro atoms. The van der Waals surface area contributed by atoms with Crippen LogP contribution < -0.4 is 58.9 Å². The molecule has 90 heavy (non-hydrogen) atoms. The number of pyridine rings is 1. The summed E-state index contributed by atoms with van der Waals surface area (Å²) in [5.41, 5.74) is 17.5. The minimum atomic E-state index is -1.12. The van der Waals surface area contributed by atoms with Crippen LogP contribution >= 0.6 is 11.6 Å². The predicted molar refractivity (Wildman–Crippen MR) is 343 cm³/mol. The molecule has 3 aromatic carbocycles. The highest BCUT2D eigenvalue weighted by Gasteiger charge is 2.35. The molecule has 27 heteroatoms. The van der Waals surface area contributed by atoms with Crippen LogP contribution in [0.15, 0.2) is 66.9 Å². The highest BCUT2D eigenvalue weighted by molar-refractivity contribution is 6.31. The standard InChI is InChI=1S/C63H87ClFN15O10/c1-35(2)52(59(84)68-8)78-61(86)54(37(5)6)79(9)63(88)90-34-39-12-15-44(16-13-39)73-58(83)47(11-10-22-71-62(67)87)76-60(85)53(36(3)4)77-50(82)21-28-89-27-20-49(81)69-23-24-70-56-51(57-74-46-17-14-41(64)32-48(46)75-57)55(80-25-18-43(66)19-26-80)45(33-72-56)40-29-38(7)30-42(65)31-40/h12-17,29-33,35-37,43,47,52-54H,10-11,18-28,34,66H2,1-9H3,(H,68,84)(H,69,81)(H,70,72)(H,73,83)(H,74,75)(H,76,85)(H,77,82)(H,78,86)(H3,67,71,87)/t47-,52?,53-,54+/m0/s1.